The third kappa shape index (κ3) is 10.9. The van der Waals surface area contributed by atoms with E-state index in [2.05, 4.69) is 38.5 Å². The van der Waals surface area contributed by atoms with E-state index in [1.807, 2.05) is 0 Å². The van der Waals surface area contributed by atoms with Gasteiger partial charge in [0.25, 0.3) is 0 Å². The molecule has 194 valence electrons. The number of thiol groups is 1. The van der Waals surface area contributed by atoms with Crippen LogP contribution in [0.3, 0.4) is 0 Å². The lowest BCUT2D eigenvalue weighted by Gasteiger charge is -2.24. The molecule has 0 fully saturated rings. The van der Waals surface area contributed by atoms with Gasteiger partial charge in [0.15, 0.2) is 0 Å². The highest BCUT2D eigenvalue weighted by Crippen LogP contribution is 2.05. The normalized spacial score (nSPS) is 14.1. The third-order valence-electron chi connectivity index (χ3n) is 4.72. The number of hydrogen-bond donors (Lipinski definition) is 9. The number of aliphatic carboxylic acids is 2. The maximum absolute atomic E-state index is 12.9. The van der Waals surface area contributed by atoms with Crippen LogP contribution in [0.25, 0.3) is 0 Å². The first-order chi connectivity index (χ1) is 16.4. The van der Waals surface area contributed by atoms with Crippen molar-refractivity contribution in [3.63, 3.8) is 0 Å². The molecule has 0 saturated heterocycles. The van der Waals surface area contributed by atoms with E-state index in [9.17, 15) is 33.9 Å². The summed E-state index contributed by atoms with van der Waals surface area (Å²) in [4.78, 5) is 78.0. The van der Waals surface area contributed by atoms with E-state index < -0.39 is 66.2 Å². The molecule has 16 heteroatoms. The van der Waals surface area contributed by atoms with Crippen molar-refractivity contribution >= 4 is 48.2 Å². The largest absolute Gasteiger partial charge is 0.481 e. The minimum absolute atomic E-state index is 0.0201. The van der Waals surface area contributed by atoms with Gasteiger partial charge in [-0.2, -0.15) is 12.6 Å². The molecule has 4 amide bonds. The number of aromatic nitrogens is 2. The van der Waals surface area contributed by atoms with E-state index in [1.165, 1.54) is 12.5 Å². The van der Waals surface area contributed by atoms with Gasteiger partial charge < -0.3 is 42.6 Å². The number of nitrogens with zero attached hydrogens (tertiary/aromatic N) is 1. The number of primary amides is 1. The van der Waals surface area contributed by atoms with E-state index in [4.69, 9.17) is 16.6 Å². The van der Waals surface area contributed by atoms with Crippen molar-refractivity contribution in [3.8, 4) is 0 Å². The van der Waals surface area contributed by atoms with Crippen LogP contribution in [0.4, 0.5) is 0 Å². The minimum Gasteiger partial charge on any atom is -0.481 e. The molecule has 1 aromatic rings. The summed E-state index contributed by atoms with van der Waals surface area (Å²) in [7, 11) is 0. The van der Waals surface area contributed by atoms with E-state index >= 15 is 0 Å². The highest BCUT2D eigenvalue weighted by Gasteiger charge is 2.31. The Morgan fingerprint density at radius 3 is 2.03 bits per heavy atom. The smallest absolute Gasteiger partial charge is 0.326 e. The molecular weight excluding hydrogens is 486 g/mol. The summed E-state index contributed by atoms with van der Waals surface area (Å²) in [6, 6.07) is -5.21. The first kappa shape index (κ1) is 29.4. The Balaban J connectivity index is 3.07. The van der Waals surface area contributed by atoms with E-state index in [0.29, 0.717) is 5.69 Å². The van der Waals surface area contributed by atoms with E-state index in [-0.39, 0.29) is 31.4 Å². The molecule has 1 heterocycles. The Kier molecular flexibility index (Phi) is 12.2. The van der Waals surface area contributed by atoms with Crippen LogP contribution in [0.5, 0.6) is 0 Å². The highest BCUT2D eigenvalue weighted by atomic mass is 32.1. The molecule has 1 aromatic heterocycles. The molecule has 35 heavy (non-hydrogen) atoms. The highest BCUT2D eigenvalue weighted by molar-refractivity contribution is 7.80. The van der Waals surface area contributed by atoms with Gasteiger partial charge in [0.1, 0.15) is 18.1 Å². The fourth-order valence-corrected chi connectivity index (χ4v) is 2.98. The molecule has 0 bridgehead atoms. The zero-order valence-corrected chi connectivity index (χ0v) is 19.5. The molecule has 0 aliphatic heterocycles. The molecule has 0 radical (unpaired) electrons. The number of carboxylic acid groups (broad SMARTS) is 2. The number of aromatic amines is 1. The zero-order chi connectivity index (χ0) is 26.5. The number of carbonyl (C=O) groups excluding carboxylic acids is 4. The number of hydrogen-bond acceptors (Lipinski definition) is 9. The number of carbonyl (C=O) groups is 6. The Hall–Kier alpha value is -3.66. The topological polar surface area (TPSA) is 260 Å². The Morgan fingerprint density at radius 1 is 0.943 bits per heavy atom. The number of H-pyrrole nitrogens is 1. The average Bonchev–Trinajstić information content (AvgIpc) is 3.30. The molecule has 10 N–H and O–H groups in total. The summed E-state index contributed by atoms with van der Waals surface area (Å²) in [5, 5.41) is 25.1. The first-order valence-corrected chi connectivity index (χ1v) is 11.1. The number of imidazole rings is 1. The van der Waals surface area contributed by atoms with E-state index in [0.717, 1.165) is 0 Å². The van der Waals surface area contributed by atoms with Gasteiger partial charge in [0.05, 0.1) is 12.4 Å². The van der Waals surface area contributed by atoms with Crippen molar-refractivity contribution < 1.29 is 39.0 Å². The fourth-order valence-electron chi connectivity index (χ4n) is 2.81. The van der Waals surface area contributed by atoms with Gasteiger partial charge in [-0.1, -0.05) is 0 Å². The number of rotatable bonds is 16. The monoisotopic (exact) mass is 515 g/mol. The SMILES string of the molecule is NC(=O)CCC(NC(=O)C(N)CS)C(=O)NC(Cc1cnc[nH]1)C(=O)NC(CCC(=O)O)C(=O)O. The summed E-state index contributed by atoms with van der Waals surface area (Å²) in [6.45, 7) is 0. The van der Waals surface area contributed by atoms with Crippen molar-refractivity contribution in [2.24, 2.45) is 11.5 Å². The van der Waals surface area contributed by atoms with Crippen molar-refractivity contribution in [2.45, 2.75) is 56.3 Å². The molecular formula is C19H29N7O8S. The zero-order valence-electron chi connectivity index (χ0n) is 18.6. The van der Waals surface area contributed by atoms with Gasteiger partial charge in [-0.05, 0) is 12.8 Å². The Bertz CT molecular complexity index is 911. The second kappa shape index (κ2) is 14.6. The van der Waals surface area contributed by atoms with Gasteiger partial charge in [-0.3, -0.25) is 24.0 Å². The summed E-state index contributed by atoms with van der Waals surface area (Å²) in [5.74, 6) is -5.96. The standard InChI is InChI=1S/C19H29N7O8S/c20-10(7-35)16(30)24-11(1-3-14(21)27)17(31)26-13(5-9-6-22-8-23-9)18(32)25-12(19(33)34)2-4-15(28)29/h6,8,10-13,35H,1-5,7,20H2,(H2,21,27)(H,22,23)(H,24,30)(H,25,32)(H,26,31)(H,28,29)(H,33,34). The molecule has 0 spiro atoms. The number of amides is 4. The summed E-state index contributed by atoms with van der Waals surface area (Å²) in [5.41, 5.74) is 11.2. The molecule has 0 aliphatic rings. The number of carboxylic acids is 2. The minimum atomic E-state index is -1.53. The number of nitrogens with one attached hydrogen (secondary N) is 4. The average molecular weight is 516 g/mol. The maximum Gasteiger partial charge on any atom is 0.326 e. The molecule has 4 unspecified atom stereocenters. The predicted molar refractivity (Wildman–Crippen MR) is 123 cm³/mol. The Morgan fingerprint density at radius 2 is 1.51 bits per heavy atom. The van der Waals surface area contributed by atoms with Crippen molar-refractivity contribution in [2.75, 3.05) is 5.75 Å². The Labute approximate surface area is 205 Å². The lowest BCUT2D eigenvalue weighted by Crippen LogP contribution is -2.58. The van der Waals surface area contributed by atoms with Crippen LogP contribution in [0.1, 0.15) is 31.4 Å². The summed E-state index contributed by atoms with van der Waals surface area (Å²) >= 11 is 3.92. The van der Waals surface area contributed by atoms with Gasteiger partial charge in [0.2, 0.25) is 23.6 Å². The maximum atomic E-state index is 12.9. The van der Waals surface area contributed by atoms with Crippen LogP contribution in [0.15, 0.2) is 12.5 Å². The lowest BCUT2D eigenvalue weighted by atomic mass is 10.1. The van der Waals surface area contributed by atoms with Crippen molar-refractivity contribution in [1.82, 2.24) is 25.9 Å². The first-order valence-electron chi connectivity index (χ1n) is 10.4. The summed E-state index contributed by atoms with van der Waals surface area (Å²) in [6.07, 6.45) is 1.21. The van der Waals surface area contributed by atoms with Crippen LogP contribution >= 0.6 is 12.6 Å². The summed E-state index contributed by atoms with van der Waals surface area (Å²) < 4.78 is 0. The van der Waals surface area contributed by atoms with Crippen molar-refractivity contribution in [3.05, 3.63) is 18.2 Å². The molecule has 4 atom stereocenters. The van der Waals surface area contributed by atoms with Crippen LogP contribution in [0, 0.1) is 0 Å². The van der Waals surface area contributed by atoms with Gasteiger partial charge in [-0.15, -0.1) is 0 Å². The third-order valence-corrected chi connectivity index (χ3v) is 5.11. The van der Waals surface area contributed by atoms with Crippen molar-refractivity contribution in [1.29, 1.82) is 0 Å². The molecule has 1 rings (SSSR count). The molecule has 0 saturated carbocycles. The lowest BCUT2D eigenvalue weighted by molar-refractivity contribution is -0.143. The molecule has 0 aromatic carbocycles. The van der Waals surface area contributed by atoms with Gasteiger partial charge in [-0.25, -0.2) is 9.78 Å². The predicted octanol–water partition coefficient (Wildman–Crippen LogP) is -3.12. The van der Waals surface area contributed by atoms with E-state index in [1.54, 1.807) is 0 Å². The quantitative estimate of drug-likeness (QED) is 0.1000. The fraction of sp³-hybridized carbons (Fsp3) is 0.526. The van der Waals surface area contributed by atoms with Crippen LogP contribution in [-0.2, 0) is 35.2 Å². The van der Waals surface area contributed by atoms with Gasteiger partial charge in [0, 0.05) is 36.9 Å². The second-order valence-corrected chi connectivity index (χ2v) is 7.89. The second-order valence-electron chi connectivity index (χ2n) is 7.53. The number of nitrogens with two attached hydrogens (primary N) is 2. The van der Waals surface area contributed by atoms with Crippen LogP contribution in [0.2, 0.25) is 0 Å². The molecule has 15 nitrogen and oxygen atoms in total. The van der Waals surface area contributed by atoms with Crippen LogP contribution < -0.4 is 27.4 Å². The van der Waals surface area contributed by atoms with Gasteiger partial charge >= 0.3 is 11.9 Å². The molecule has 0 aliphatic carbocycles. The van der Waals surface area contributed by atoms with Crippen LogP contribution in [-0.4, -0.2) is 85.7 Å².